The summed E-state index contributed by atoms with van der Waals surface area (Å²) in [5, 5.41) is 10.3. The largest absolute Gasteiger partial charge is 0.469 e. The zero-order valence-corrected chi connectivity index (χ0v) is 12.0. The Morgan fingerprint density at radius 3 is 2.22 bits per heavy atom. The van der Waals surface area contributed by atoms with Gasteiger partial charge in [-0.05, 0) is 29.9 Å². The van der Waals surface area contributed by atoms with Crippen molar-refractivity contribution in [1.82, 2.24) is 0 Å². The molecule has 0 aromatic heterocycles. The summed E-state index contributed by atoms with van der Waals surface area (Å²) in [5.74, 6) is -0.880. The van der Waals surface area contributed by atoms with Crippen LogP contribution < -0.4 is 0 Å². The van der Waals surface area contributed by atoms with Gasteiger partial charge in [-0.3, -0.25) is 4.79 Å². The monoisotopic (exact) mass is 268 g/mol. The molecule has 1 rings (SSSR count). The Hall–Kier alpha value is -1.00. The van der Waals surface area contributed by atoms with E-state index in [0.29, 0.717) is 0 Å². The van der Waals surface area contributed by atoms with Gasteiger partial charge < -0.3 is 9.84 Å². The van der Waals surface area contributed by atoms with Crippen LogP contribution in [0.2, 0.25) is 0 Å². The van der Waals surface area contributed by atoms with Gasteiger partial charge in [0.15, 0.2) is 0 Å². The minimum absolute atomic E-state index is 0.0210. The highest BCUT2D eigenvalue weighted by Crippen LogP contribution is 2.30. The fraction of sp³-hybridized carbons (Fsp3) is 0.500. The summed E-state index contributed by atoms with van der Waals surface area (Å²) in [6.07, 6.45) is 1.17. The zero-order valence-electron chi connectivity index (χ0n) is 11.2. The number of methoxy groups -OCH3 is 1. The van der Waals surface area contributed by atoms with E-state index in [-0.39, 0.29) is 11.9 Å². The first-order valence-corrected chi connectivity index (χ1v) is 7.13. The molecule has 0 saturated carbocycles. The van der Waals surface area contributed by atoms with Crippen molar-refractivity contribution in [3.8, 4) is 0 Å². The highest BCUT2D eigenvalue weighted by molar-refractivity contribution is 7.98. The maximum absolute atomic E-state index is 11.7. The molecule has 3 nitrogen and oxygen atoms in total. The summed E-state index contributed by atoms with van der Waals surface area (Å²) in [4.78, 5) is 12.8. The van der Waals surface area contributed by atoms with Crippen molar-refractivity contribution in [2.24, 2.45) is 11.8 Å². The summed E-state index contributed by atoms with van der Waals surface area (Å²) < 4.78 is 4.76. The molecule has 100 valence electrons. The van der Waals surface area contributed by atoms with Crippen LogP contribution in [0.25, 0.3) is 0 Å². The first-order chi connectivity index (χ1) is 8.51. The standard InChI is InChI=1S/C14H20O3S/c1-9(2)12(14(16)17-3)13(15)10-5-7-11(18-4)8-6-10/h5-9,12-13,15H,1-4H3. The van der Waals surface area contributed by atoms with E-state index in [1.54, 1.807) is 11.8 Å². The third-order valence-corrected chi connectivity index (χ3v) is 3.73. The molecule has 1 aromatic rings. The second-order valence-corrected chi connectivity index (χ2v) is 5.39. The van der Waals surface area contributed by atoms with Gasteiger partial charge in [0.1, 0.15) is 0 Å². The molecule has 2 atom stereocenters. The van der Waals surface area contributed by atoms with E-state index >= 15 is 0 Å². The van der Waals surface area contributed by atoms with Gasteiger partial charge in [-0.25, -0.2) is 0 Å². The van der Waals surface area contributed by atoms with Crippen molar-refractivity contribution in [3.63, 3.8) is 0 Å². The van der Waals surface area contributed by atoms with Crippen molar-refractivity contribution in [1.29, 1.82) is 0 Å². The maximum Gasteiger partial charge on any atom is 0.311 e. The lowest BCUT2D eigenvalue weighted by Gasteiger charge is -2.24. The van der Waals surface area contributed by atoms with E-state index in [1.807, 2.05) is 44.4 Å². The predicted molar refractivity (Wildman–Crippen MR) is 73.5 cm³/mol. The van der Waals surface area contributed by atoms with Crippen molar-refractivity contribution < 1.29 is 14.6 Å². The van der Waals surface area contributed by atoms with Crippen LogP contribution in [0, 0.1) is 11.8 Å². The van der Waals surface area contributed by atoms with E-state index in [2.05, 4.69) is 0 Å². The molecule has 0 aliphatic carbocycles. The van der Waals surface area contributed by atoms with Crippen molar-refractivity contribution in [3.05, 3.63) is 29.8 Å². The normalized spacial score (nSPS) is 14.3. The number of hydrogen-bond acceptors (Lipinski definition) is 4. The number of rotatable bonds is 5. The van der Waals surface area contributed by atoms with Gasteiger partial charge in [0.2, 0.25) is 0 Å². The van der Waals surface area contributed by atoms with Gasteiger partial charge >= 0.3 is 5.97 Å². The Labute approximate surface area is 113 Å². The van der Waals surface area contributed by atoms with E-state index < -0.39 is 12.0 Å². The van der Waals surface area contributed by atoms with Gasteiger partial charge in [0.25, 0.3) is 0 Å². The van der Waals surface area contributed by atoms with Crippen molar-refractivity contribution in [2.45, 2.75) is 24.8 Å². The first kappa shape index (κ1) is 15.1. The zero-order chi connectivity index (χ0) is 13.7. The molecule has 1 N–H and O–H groups in total. The van der Waals surface area contributed by atoms with Crippen molar-refractivity contribution >= 4 is 17.7 Å². The first-order valence-electron chi connectivity index (χ1n) is 5.91. The molecule has 0 amide bonds. The number of hydrogen-bond donors (Lipinski definition) is 1. The lowest BCUT2D eigenvalue weighted by molar-refractivity contribution is -0.152. The van der Waals surface area contributed by atoms with E-state index in [1.165, 1.54) is 7.11 Å². The van der Waals surface area contributed by atoms with Crippen LogP contribution in [0.15, 0.2) is 29.2 Å². The van der Waals surface area contributed by atoms with Crippen LogP contribution >= 0.6 is 11.8 Å². The number of aliphatic hydroxyl groups excluding tert-OH is 1. The second kappa shape index (κ2) is 6.81. The van der Waals surface area contributed by atoms with Crippen LogP contribution in [0.5, 0.6) is 0 Å². The van der Waals surface area contributed by atoms with Crippen LogP contribution in [0.4, 0.5) is 0 Å². The van der Waals surface area contributed by atoms with Gasteiger partial charge in [0, 0.05) is 4.90 Å². The molecule has 4 heteroatoms. The van der Waals surface area contributed by atoms with Crippen LogP contribution in [0.1, 0.15) is 25.5 Å². The van der Waals surface area contributed by atoms with E-state index in [4.69, 9.17) is 4.74 Å². The SMILES string of the molecule is COC(=O)C(C(C)C)C(O)c1ccc(SC)cc1. The summed E-state index contributed by atoms with van der Waals surface area (Å²) >= 11 is 1.64. The summed E-state index contributed by atoms with van der Waals surface area (Å²) in [7, 11) is 1.35. The lowest BCUT2D eigenvalue weighted by Crippen LogP contribution is -2.28. The number of benzene rings is 1. The Kier molecular flexibility index (Phi) is 5.69. The predicted octanol–water partition coefficient (Wildman–Crippen LogP) is 2.89. The second-order valence-electron chi connectivity index (χ2n) is 4.51. The number of carbonyl (C=O) groups excluding carboxylic acids is 1. The van der Waals surface area contributed by atoms with E-state index in [9.17, 15) is 9.90 Å². The Bertz CT molecular complexity index is 387. The highest BCUT2D eigenvalue weighted by Gasteiger charge is 2.31. The van der Waals surface area contributed by atoms with Crippen LogP contribution in [0.3, 0.4) is 0 Å². The summed E-state index contributed by atoms with van der Waals surface area (Å²) in [5.41, 5.74) is 0.747. The minimum atomic E-state index is -0.826. The number of thioether (sulfide) groups is 1. The lowest BCUT2D eigenvalue weighted by atomic mass is 9.86. The molecule has 0 saturated heterocycles. The molecular formula is C14H20O3S. The van der Waals surface area contributed by atoms with Gasteiger partial charge in [-0.2, -0.15) is 0 Å². The molecule has 0 bridgehead atoms. The fourth-order valence-electron chi connectivity index (χ4n) is 1.91. The Morgan fingerprint density at radius 2 is 1.83 bits per heavy atom. The van der Waals surface area contributed by atoms with Crippen LogP contribution in [-0.4, -0.2) is 24.4 Å². The average Bonchev–Trinajstić information content (AvgIpc) is 2.38. The third kappa shape index (κ3) is 3.50. The Balaban J connectivity index is 2.94. The van der Waals surface area contributed by atoms with E-state index in [0.717, 1.165) is 10.5 Å². The molecule has 0 heterocycles. The molecular weight excluding hydrogens is 248 g/mol. The average molecular weight is 268 g/mol. The highest BCUT2D eigenvalue weighted by atomic mass is 32.2. The molecule has 1 aromatic carbocycles. The third-order valence-electron chi connectivity index (χ3n) is 2.99. The van der Waals surface area contributed by atoms with Gasteiger partial charge in [0.05, 0.1) is 19.1 Å². The van der Waals surface area contributed by atoms with Gasteiger partial charge in [-0.1, -0.05) is 26.0 Å². The molecule has 0 fully saturated rings. The van der Waals surface area contributed by atoms with Crippen molar-refractivity contribution in [2.75, 3.05) is 13.4 Å². The smallest absolute Gasteiger partial charge is 0.311 e. The molecule has 2 unspecified atom stereocenters. The minimum Gasteiger partial charge on any atom is -0.469 e. The summed E-state index contributed by atoms with van der Waals surface area (Å²) in [6, 6.07) is 7.60. The molecule has 18 heavy (non-hydrogen) atoms. The maximum atomic E-state index is 11.7. The topological polar surface area (TPSA) is 46.5 Å². The molecule has 0 aliphatic rings. The van der Waals surface area contributed by atoms with Crippen LogP contribution in [-0.2, 0) is 9.53 Å². The Morgan fingerprint density at radius 1 is 1.28 bits per heavy atom. The number of ether oxygens (including phenoxy) is 1. The fourth-order valence-corrected chi connectivity index (χ4v) is 2.32. The number of carbonyl (C=O) groups is 1. The van der Waals surface area contributed by atoms with Gasteiger partial charge in [-0.15, -0.1) is 11.8 Å². The molecule has 0 spiro atoms. The quantitative estimate of drug-likeness (QED) is 0.659. The summed E-state index contributed by atoms with van der Waals surface area (Å²) in [6.45, 7) is 3.81. The molecule has 0 aliphatic heterocycles. The number of esters is 1. The molecule has 0 radical (unpaired) electrons. The number of aliphatic hydroxyl groups is 1.